The molecule has 0 atom stereocenters. The Hall–Kier alpha value is -1.72. The Labute approximate surface area is 93.3 Å². The molecule has 90 valence electrons. The molecule has 0 aliphatic carbocycles. The summed E-state index contributed by atoms with van der Waals surface area (Å²) in [6.45, 7) is 4.69. The number of amides is 1. The number of carbonyl (C=O) groups excluding carboxylic acids is 4. The van der Waals surface area contributed by atoms with Crippen LogP contribution < -0.4 is 5.32 Å². The zero-order valence-electron chi connectivity index (χ0n) is 9.70. The molecule has 6 heteroatoms. The highest BCUT2D eigenvalue weighted by atomic mass is 16.6. The smallest absolute Gasteiger partial charge is 0.337 e. The molecule has 1 amide bonds. The van der Waals surface area contributed by atoms with Gasteiger partial charge >= 0.3 is 5.97 Å². The number of carbonyl (C=O) groups is 4. The van der Waals surface area contributed by atoms with Gasteiger partial charge in [0.2, 0.25) is 0 Å². The van der Waals surface area contributed by atoms with Crippen LogP contribution in [0, 0.1) is 5.41 Å². The van der Waals surface area contributed by atoms with Crippen molar-refractivity contribution in [1.82, 2.24) is 5.32 Å². The summed E-state index contributed by atoms with van der Waals surface area (Å²) in [5.41, 5.74) is -3.30. The van der Waals surface area contributed by atoms with Gasteiger partial charge in [-0.25, -0.2) is 4.79 Å². The van der Waals surface area contributed by atoms with Gasteiger partial charge in [-0.1, -0.05) is 0 Å². The zero-order chi connectivity index (χ0) is 13.0. The highest BCUT2D eigenvalue weighted by Crippen LogP contribution is 2.18. The lowest BCUT2D eigenvalue weighted by atomic mass is 9.90. The van der Waals surface area contributed by atoms with E-state index in [1.165, 1.54) is 7.05 Å². The molecule has 0 bridgehead atoms. The standard InChI is InChI=1S/C10H15NO5/c1-9(2,3)16-8(15)10(5-12,6-13)7(14)11-4/h5-6H,1-4H3,(H,11,14). The van der Waals surface area contributed by atoms with Crippen molar-refractivity contribution in [2.75, 3.05) is 7.05 Å². The van der Waals surface area contributed by atoms with Crippen molar-refractivity contribution in [3.63, 3.8) is 0 Å². The minimum Gasteiger partial charge on any atom is -0.459 e. The molecule has 0 aromatic carbocycles. The van der Waals surface area contributed by atoms with Crippen LogP contribution in [0.2, 0.25) is 0 Å². The summed E-state index contributed by atoms with van der Waals surface area (Å²) in [7, 11) is 1.22. The molecule has 16 heavy (non-hydrogen) atoms. The Morgan fingerprint density at radius 1 is 1.12 bits per heavy atom. The summed E-state index contributed by atoms with van der Waals surface area (Å²) in [6, 6.07) is 0. The monoisotopic (exact) mass is 229 g/mol. The number of ether oxygens (including phenoxy) is 1. The number of hydrogen-bond acceptors (Lipinski definition) is 5. The number of rotatable bonds is 4. The lowest BCUT2D eigenvalue weighted by molar-refractivity contribution is -0.170. The van der Waals surface area contributed by atoms with E-state index in [9.17, 15) is 19.2 Å². The molecule has 0 aromatic heterocycles. The topological polar surface area (TPSA) is 89.5 Å². The van der Waals surface area contributed by atoms with Crippen LogP contribution in [0.3, 0.4) is 0 Å². The molecule has 1 N–H and O–H groups in total. The van der Waals surface area contributed by atoms with Gasteiger partial charge in [0.1, 0.15) is 5.60 Å². The molecule has 0 radical (unpaired) electrons. The quantitative estimate of drug-likeness (QED) is 0.397. The summed E-state index contributed by atoms with van der Waals surface area (Å²) in [5, 5.41) is 2.07. The van der Waals surface area contributed by atoms with Crippen LogP contribution >= 0.6 is 0 Å². The van der Waals surface area contributed by atoms with E-state index >= 15 is 0 Å². The Morgan fingerprint density at radius 3 is 1.81 bits per heavy atom. The van der Waals surface area contributed by atoms with Crippen LogP contribution in [0.4, 0.5) is 0 Å². The number of nitrogens with one attached hydrogen (secondary N) is 1. The van der Waals surface area contributed by atoms with E-state index in [0.717, 1.165) is 0 Å². The third kappa shape index (κ3) is 2.88. The van der Waals surface area contributed by atoms with Gasteiger partial charge in [0, 0.05) is 7.05 Å². The van der Waals surface area contributed by atoms with Gasteiger partial charge in [-0.15, -0.1) is 0 Å². The summed E-state index contributed by atoms with van der Waals surface area (Å²) in [4.78, 5) is 44.5. The van der Waals surface area contributed by atoms with Gasteiger partial charge in [0.05, 0.1) is 0 Å². The Kier molecular flexibility index (Phi) is 4.35. The van der Waals surface area contributed by atoms with Crippen LogP contribution in [0.25, 0.3) is 0 Å². The van der Waals surface area contributed by atoms with Gasteiger partial charge in [0.25, 0.3) is 11.3 Å². The van der Waals surface area contributed by atoms with Gasteiger partial charge in [-0.3, -0.25) is 4.79 Å². The van der Waals surface area contributed by atoms with Crippen LogP contribution in [-0.2, 0) is 23.9 Å². The summed E-state index contributed by atoms with van der Waals surface area (Å²) >= 11 is 0. The maximum Gasteiger partial charge on any atom is 0.337 e. The fourth-order valence-corrected chi connectivity index (χ4v) is 0.893. The van der Waals surface area contributed by atoms with E-state index in [1.807, 2.05) is 0 Å². The molecule has 0 rings (SSSR count). The summed E-state index contributed by atoms with van der Waals surface area (Å²) in [6.07, 6.45) is -0.0419. The first-order valence-electron chi connectivity index (χ1n) is 4.62. The first-order valence-corrected chi connectivity index (χ1v) is 4.62. The summed E-state index contributed by atoms with van der Waals surface area (Å²) in [5.74, 6) is -2.18. The average molecular weight is 229 g/mol. The minimum absolute atomic E-state index is 0.0209. The number of esters is 1. The Balaban J connectivity index is 5.21. The molecule has 0 fully saturated rings. The molecule has 0 unspecified atom stereocenters. The van der Waals surface area contributed by atoms with Gasteiger partial charge in [-0.05, 0) is 20.8 Å². The highest BCUT2D eigenvalue weighted by molar-refractivity contribution is 6.27. The van der Waals surface area contributed by atoms with E-state index in [4.69, 9.17) is 4.74 Å². The zero-order valence-corrected chi connectivity index (χ0v) is 9.70. The second kappa shape index (κ2) is 4.87. The average Bonchev–Trinajstić information content (AvgIpc) is 2.17. The fourth-order valence-electron chi connectivity index (χ4n) is 0.893. The van der Waals surface area contributed by atoms with Gasteiger partial charge < -0.3 is 19.6 Å². The molecule has 0 aliphatic heterocycles. The Bertz CT molecular complexity index is 308. The second-order valence-electron chi connectivity index (χ2n) is 4.19. The largest absolute Gasteiger partial charge is 0.459 e. The maximum atomic E-state index is 11.6. The lowest BCUT2D eigenvalue weighted by Gasteiger charge is -2.25. The van der Waals surface area contributed by atoms with E-state index in [1.54, 1.807) is 20.8 Å². The predicted molar refractivity (Wildman–Crippen MR) is 54.5 cm³/mol. The molecule has 0 saturated heterocycles. The second-order valence-corrected chi connectivity index (χ2v) is 4.19. The molecule has 0 saturated carbocycles. The minimum atomic E-state index is -2.41. The van der Waals surface area contributed by atoms with Crippen molar-refractivity contribution in [1.29, 1.82) is 0 Å². The van der Waals surface area contributed by atoms with Crippen molar-refractivity contribution in [2.24, 2.45) is 5.41 Å². The number of aldehydes is 2. The van der Waals surface area contributed by atoms with Crippen LogP contribution in [0.1, 0.15) is 20.8 Å². The molecular weight excluding hydrogens is 214 g/mol. The molecule has 0 heterocycles. The van der Waals surface area contributed by atoms with E-state index in [0.29, 0.717) is 0 Å². The molecule has 0 aromatic rings. The predicted octanol–water partition coefficient (Wildman–Crippen LogP) is -0.542. The highest BCUT2D eigenvalue weighted by Gasteiger charge is 2.48. The van der Waals surface area contributed by atoms with Crippen molar-refractivity contribution >= 4 is 24.4 Å². The third-order valence-corrected chi connectivity index (χ3v) is 1.71. The number of hydrogen-bond donors (Lipinski definition) is 1. The molecular formula is C10H15NO5. The maximum absolute atomic E-state index is 11.6. The Morgan fingerprint density at radius 2 is 1.56 bits per heavy atom. The van der Waals surface area contributed by atoms with E-state index in [-0.39, 0.29) is 12.6 Å². The SMILES string of the molecule is CNC(=O)C(C=O)(C=O)C(=O)OC(C)(C)C. The summed E-state index contributed by atoms with van der Waals surface area (Å²) < 4.78 is 4.85. The van der Waals surface area contributed by atoms with Crippen LogP contribution in [0.15, 0.2) is 0 Å². The molecule has 0 spiro atoms. The van der Waals surface area contributed by atoms with Crippen molar-refractivity contribution < 1.29 is 23.9 Å². The van der Waals surface area contributed by atoms with Crippen molar-refractivity contribution in [3.05, 3.63) is 0 Å². The normalized spacial score (nSPS) is 11.5. The third-order valence-electron chi connectivity index (χ3n) is 1.71. The van der Waals surface area contributed by atoms with Crippen molar-refractivity contribution in [3.8, 4) is 0 Å². The molecule has 6 nitrogen and oxygen atoms in total. The van der Waals surface area contributed by atoms with Gasteiger partial charge in [0.15, 0.2) is 12.6 Å². The van der Waals surface area contributed by atoms with E-state index < -0.39 is 22.9 Å². The van der Waals surface area contributed by atoms with E-state index in [2.05, 4.69) is 5.32 Å². The fraction of sp³-hybridized carbons (Fsp3) is 0.600. The van der Waals surface area contributed by atoms with Crippen molar-refractivity contribution in [2.45, 2.75) is 26.4 Å². The first-order chi connectivity index (χ1) is 7.23. The van der Waals surface area contributed by atoms with Gasteiger partial charge in [-0.2, -0.15) is 0 Å². The molecule has 0 aliphatic rings. The first kappa shape index (κ1) is 14.3. The van der Waals surface area contributed by atoms with Crippen LogP contribution in [-0.4, -0.2) is 37.1 Å². The van der Waals surface area contributed by atoms with Crippen LogP contribution in [0.5, 0.6) is 0 Å². The lowest BCUT2D eigenvalue weighted by Crippen LogP contribution is -2.50.